The van der Waals surface area contributed by atoms with Crippen LogP contribution in [0.4, 0.5) is 4.79 Å². The van der Waals surface area contributed by atoms with Gasteiger partial charge in [0.1, 0.15) is 0 Å². The van der Waals surface area contributed by atoms with Gasteiger partial charge in [-0.3, -0.25) is 0 Å². The van der Waals surface area contributed by atoms with Crippen molar-refractivity contribution in [1.29, 1.82) is 0 Å². The lowest BCUT2D eigenvalue weighted by atomic mass is 10.4. The third-order valence-corrected chi connectivity index (χ3v) is 9.26. The van der Waals surface area contributed by atoms with Crippen molar-refractivity contribution in [3.63, 3.8) is 0 Å². The lowest BCUT2D eigenvalue weighted by Crippen LogP contribution is -2.44. The van der Waals surface area contributed by atoms with Crippen molar-refractivity contribution < 1.29 is 26.4 Å². The molecule has 0 aromatic carbocycles. The Morgan fingerprint density at radius 2 is 1.35 bits per heavy atom. The first-order valence-corrected chi connectivity index (χ1v) is 9.62. The lowest BCUT2D eigenvalue weighted by molar-refractivity contribution is 0.163. The molecule has 1 amide bonds. The van der Waals surface area contributed by atoms with Crippen molar-refractivity contribution in [1.82, 2.24) is 0 Å². The van der Waals surface area contributed by atoms with Crippen molar-refractivity contribution in [2.24, 2.45) is 5.73 Å². The van der Waals surface area contributed by atoms with Gasteiger partial charge in [0, 0.05) is 11.5 Å². The molecule has 20 heavy (non-hydrogen) atoms. The molecule has 0 aliphatic heterocycles. The summed E-state index contributed by atoms with van der Waals surface area (Å²) in [5, 5.41) is 0. The van der Waals surface area contributed by atoms with Crippen LogP contribution in [0.5, 0.6) is 0 Å². The smallest absolute Gasteiger partial charge is 0.404 e. The van der Waals surface area contributed by atoms with Crippen LogP contribution in [0, 0.1) is 0 Å². The third-order valence-electron chi connectivity index (χ3n) is 3.00. The maximum absolute atomic E-state index is 11.7. The van der Waals surface area contributed by atoms with Gasteiger partial charge in [-0.2, -0.15) is 0 Å². The molecule has 0 aliphatic rings. The number of ether oxygens (including phenoxy) is 1. The topological polar surface area (TPSA) is 121 Å². The van der Waals surface area contributed by atoms with E-state index >= 15 is 0 Å². The van der Waals surface area contributed by atoms with Gasteiger partial charge in [0.2, 0.25) is 0 Å². The van der Waals surface area contributed by atoms with E-state index in [2.05, 4.69) is 10.5 Å². The summed E-state index contributed by atoms with van der Waals surface area (Å²) in [6.45, 7) is 7.87. The van der Waals surface area contributed by atoms with Crippen molar-refractivity contribution in [3.05, 3.63) is 0 Å². The van der Waals surface area contributed by atoms with Gasteiger partial charge in [-0.1, -0.05) is 20.8 Å². The average Bonchev–Trinajstić information content (AvgIpc) is 2.37. The molecule has 0 aromatic heterocycles. The van der Waals surface area contributed by atoms with Gasteiger partial charge >= 0.3 is 6.09 Å². The summed E-state index contributed by atoms with van der Waals surface area (Å²) in [7, 11) is -7.14. The molecular weight excluding hydrogens is 306 g/mol. The van der Waals surface area contributed by atoms with Crippen LogP contribution in [0.3, 0.4) is 0 Å². The summed E-state index contributed by atoms with van der Waals surface area (Å²) in [5.74, 6) is -0.285. The fraction of sp³-hybridized carbons (Fsp3) is 0.909. The molecule has 0 fully saturated rings. The summed E-state index contributed by atoms with van der Waals surface area (Å²) in [4.78, 5) is 9.60. The van der Waals surface area contributed by atoms with Crippen molar-refractivity contribution in [3.8, 4) is 0 Å². The minimum Gasteiger partial charge on any atom is -0.450 e. The molecule has 0 spiro atoms. The Balaban J connectivity index is 0. The Labute approximate surface area is 121 Å². The zero-order valence-corrected chi connectivity index (χ0v) is 14.3. The molecule has 0 aromatic rings. The number of hydrogen-bond acceptors (Lipinski definition) is 6. The highest BCUT2D eigenvalue weighted by Gasteiger charge is 2.47. The number of primary amides is 1. The molecule has 0 radical (unpaired) electrons. The summed E-state index contributed by atoms with van der Waals surface area (Å²) in [6.07, 6.45) is -0.614. The molecule has 9 heteroatoms. The predicted molar refractivity (Wildman–Crippen MR) is 78.8 cm³/mol. The monoisotopic (exact) mass is 331 g/mol. The fourth-order valence-corrected chi connectivity index (χ4v) is 5.74. The Morgan fingerprint density at radius 1 is 1.00 bits per heavy atom. The first-order chi connectivity index (χ1) is 8.95. The van der Waals surface area contributed by atoms with Crippen LogP contribution in [0.15, 0.2) is 0 Å². The van der Waals surface area contributed by atoms with Crippen molar-refractivity contribution >= 4 is 25.8 Å². The number of hydrogen-bond donors (Lipinski definition) is 1. The van der Waals surface area contributed by atoms with E-state index in [4.69, 9.17) is 0 Å². The molecule has 0 aliphatic carbocycles. The molecule has 0 heterocycles. The van der Waals surface area contributed by atoms with E-state index < -0.39 is 29.8 Å². The highest BCUT2D eigenvalue weighted by atomic mass is 32.3. The van der Waals surface area contributed by atoms with Gasteiger partial charge in [0.25, 0.3) is 0 Å². The molecular formula is C11H25NO6S2. The second-order valence-corrected chi connectivity index (χ2v) is 9.72. The Morgan fingerprint density at radius 3 is 1.45 bits per heavy atom. The number of nitrogens with two attached hydrogens (primary N) is 1. The van der Waals surface area contributed by atoms with E-state index in [0.717, 1.165) is 0 Å². The maximum atomic E-state index is 11.7. The largest absolute Gasteiger partial charge is 0.450 e. The van der Waals surface area contributed by atoms with E-state index in [1.807, 2.05) is 0 Å². The number of sulfone groups is 2. The summed E-state index contributed by atoms with van der Waals surface area (Å²) >= 11 is 0. The molecule has 7 nitrogen and oxygen atoms in total. The average molecular weight is 331 g/mol. The van der Waals surface area contributed by atoms with E-state index in [0.29, 0.717) is 6.61 Å². The van der Waals surface area contributed by atoms with Crippen LogP contribution in [-0.2, 0) is 24.4 Å². The molecule has 0 bridgehead atoms. The quantitative estimate of drug-likeness (QED) is 0.777. The number of rotatable bonds is 6. The van der Waals surface area contributed by atoms with Gasteiger partial charge in [-0.25, -0.2) is 21.6 Å². The van der Waals surface area contributed by atoms with Crippen LogP contribution in [0.25, 0.3) is 0 Å². The highest BCUT2D eigenvalue weighted by molar-refractivity contribution is 8.10. The van der Waals surface area contributed by atoms with E-state index in [1.165, 1.54) is 20.8 Å². The Hall–Kier alpha value is -0.830. The van der Waals surface area contributed by atoms with E-state index in [9.17, 15) is 21.6 Å². The third kappa shape index (κ3) is 5.28. The van der Waals surface area contributed by atoms with Crippen LogP contribution in [0.1, 0.15) is 41.0 Å². The first-order valence-electron chi connectivity index (χ1n) is 6.32. The minimum absolute atomic E-state index is 0.0966. The molecule has 122 valence electrons. The Bertz CT molecular complexity index is 461. The lowest BCUT2D eigenvalue weighted by Gasteiger charge is -2.26. The van der Waals surface area contributed by atoms with Crippen LogP contribution in [-0.4, -0.2) is 45.1 Å². The zero-order chi connectivity index (χ0) is 16.6. The van der Waals surface area contributed by atoms with Crippen molar-refractivity contribution in [2.45, 2.75) is 45.1 Å². The van der Waals surface area contributed by atoms with Gasteiger partial charge in [0.15, 0.2) is 23.8 Å². The molecule has 0 saturated heterocycles. The van der Waals surface area contributed by atoms with Gasteiger partial charge in [0.05, 0.1) is 6.61 Å². The molecule has 0 saturated carbocycles. The molecule has 0 atom stereocenters. The number of carbonyl (C=O) groups is 1. The summed E-state index contributed by atoms with van der Waals surface area (Å²) in [5.41, 5.74) is 4.54. The summed E-state index contributed by atoms with van der Waals surface area (Å²) < 4.78 is 49.3. The minimum atomic E-state index is -3.57. The predicted octanol–water partition coefficient (Wildman–Crippen LogP) is 1.08. The standard InChI is InChI=1S/C8H18O4S2.C3H7NO2/c1-5-8(4,13(9,10)6-2)14(11,12)7-3;1-2-6-3(4)5/h5-7H2,1-4H3;2H2,1H3,(H2,4,5). The highest BCUT2D eigenvalue weighted by Crippen LogP contribution is 2.29. The summed E-state index contributed by atoms with van der Waals surface area (Å²) in [6, 6.07) is 0. The zero-order valence-electron chi connectivity index (χ0n) is 12.7. The van der Waals surface area contributed by atoms with Crippen LogP contribution in [0.2, 0.25) is 0 Å². The van der Waals surface area contributed by atoms with Crippen molar-refractivity contribution in [2.75, 3.05) is 18.1 Å². The van der Waals surface area contributed by atoms with E-state index in [-0.39, 0.29) is 17.9 Å². The van der Waals surface area contributed by atoms with Crippen LogP contribution >= 0.6 is 0 Å². The molecule has 0 unspecified atom stereocenters. The second kappa shape index (κ2) is 8.46. The Kier molecular flexibility index (Phi) is 9.08. The number of carbonyl (C=O) groups excluding carboxylic acids is 1. The normalized spacial score (nSPS) is 12.2. The molecule has 2 N–H and O–H groups in total. The van der Waals surface area contributed by atoms with Gasteiger partial charge in [-0.05, 0) is 20.3 Å². The molecule has 0 rings (SSSR count). The first kappa shape index (κ1) is 21.5. The van der Waals surface area contributed by atoms with Gasteiger partial charge in [-0.15, -0.1) is 0 Å². The SMILES string of the molecule is CCC(C)(S(=O)(=O)CC)S(=O)(=O)CC.CCOC(N)=O. The number of amides is 1. The maximum Gasteiger partial charge on any atom is 0.404 e. The fourth-order valence-electron chi connectivity index (χ4n) is 1.39. The van der Waals surface area contributed by atoms with E-state index in [1.54, 1.807) is 13.8 Å². The van der Waals surface area contributed by atoms with Crippen LogP contribution < -0.4 is 5.73 Å². The van der Waals surface area contributed by atoms with Gasteiger partial charge < -0.3 is 10.5 Å². The second-order valence-electron chi connectivity index (χ2n) is 4.05.